The fraction of sp³-hybridized carbons (Fsp3) is 0.176. The zero-order chi connectivity index (χ0) is 18.2. The Kier molecular flexibility index (Phi) is 4.57. The molecule has 1 aromatic heterocycles. The second kappa shape index (κ2) is 6.53. The number of nitrogens with zero attached hydrogens (tertiary/aromatic N) is 1. The number of aromatic nitrogens is 1. The standard InChI is InChI=1S/C17H15FN2O3S2/c1-10-3-4-11(2)16-15(10)20-17(24-16)19-14(21)9-25(22,23)13-7-5-12(18)6-8-13/h3-8H,9H2,1-2H3,(H,19,20,21). The van der Waals surface area contributed by atoms with Gasteiger partial charge in [-0.15, -0.1) is 0 Å². The molecule has 0 aliphatic rings. The lowest BCUT2D eigenvalue weighted by molar-refractivity contribution is -0.113. The van der Waals surface area contributed by atoms with Crippen molar-refractivity contribution in [3.05, 3.63) is 53.3 Å². The molecule has 5 nitrogen and oxygen atoms in total. The Morgan fingerprint density at radius 1 is 1.12 bits per heavy atom. The van der Waals surface area contributed by atoms with Gasteiger partial charge in [-0.1, -0.05) is 23.5 Å². The summed E-state index contributed by atoms with van der Waals surface area (Å²) in [5, 5.41) is 2.89. The number of hydrogen-bond acceptors (Lipinski definition) is 5. The quantitative estimate of drug-likeness (QED) is 0.706. The van der Waals surface area contributed by atoms with E-state index in [1.807, 2.05) is 26.0 Å². The first-order valence-electron chi connectivity index (χ1n) is 7.41. The van der Waals surface area contributed by atoms with Gasteiger partial charge in [0.05, 0.1) is 15.1 Å². The number of aryl methyl sites for hydroxylation is 2. The van der Waals surface area contributed by atoms with Gasteiger partial charge < -0.3 is 5.32 Å². The van der Waals surface area contributed by atoms with Crippen LogP contribution in [-0.4, -0.2) is 25.1 Å². The Bertz CT molecular complexity index is 1020. The molecular formula is C17H15FN2O3S2. The van der Waals surface area contributed by atoms with E-state index in [0.717, 1.165) is 45.6 Å². The molecule has 3 rings (SSSR count). The third-order valence-electron chi connectivity index (χ3n) is 3.68. The molecule has 0 atom stereocenters. The highest BCUT2D eigenvalue weighted by Crippen LogP contribution is 2.30. The van der Waals surface area contributed by atoms with Crippen molar-refractivity contribution >= 4 is 42.4 Å². The maximum absolute atomic E-state index is 12.9. The van der Waals surface area contributed by atoms with Gasteiger partial charge in [0.2, 0.25) is 5.91 Å². The number of anilines is 1. The maximum atomic E-state index is 12.9. The summed E-state index contributed by atoms with van der Waals surface area (Å²) in [6.45, 7) is 3.87. The van der Waals surface area contributed by atoms with Gasteiger partial charge in [-0.3, -0.25) is 4.79 Å². The first-order chi connectivity index (χ1) is 11.8. The first kappa shape index (κ1) is 17.5. The van der Waals surface area contributed by atoms with Crippen molar-refractivity contribution in [2.75, 3.05) is 11.1 Å². The first-order valence-corrected chi connectivity index (χ1v) is 9.88. The third-order valence-corrected chi connectivity index (χ3v) is 6.42. The van der Waals surface area contributed by atoms with E-state index in [0.29, 0.717) is 5.13 Å². The third kappa shape index (κ3) is 3.69. The van der Waals surface area contributed by atoms with Crippen LogP contribution in [0.1, 0.15) is 11.1 Å². The number of thiazole rings is 1. The second-order valence-corrected chi connectivity index (χ2v) is 8.65. The highest BCUT2D eigenvalue weighted by molar-refractivity contribution is 7.92. The zero-order valence-corrected chi connectivity index (χ0v) is 15.2. The molecule has 1 N–H and O–H groups in total. The van der Waals surface area contributed by atoms with Crippen molar-refractivity contribution in [1.29, 1.82) is 0 Å². The van der Waals surface area contributed by atoms with E-state index in [2.05, 4.69) is 10.3 Å². The second-order valence-electron chi connectivity index (χ2n) is 5.66. The highest BCUT2D eigenvalue weighted by atomic mass is 32.2. The maximum Gasteiger partial charge on any atom is 0.241 e. The Labute approximate surface area is 148 Å². The molecule has 1 heterocycles. The zero-order valence-electron chi connectivity index (χ0n) is 13.5. The predicted octanol–water partition coefficient (Wildman–Crippen LogP) is 3.46. The average molecular weight is 378 g/mol. The number of hydrogen-bond donors (Lipinski definition) is 1. The van der Waals surface area contributed by atoms with Crippen molar-refractivity contribution in [3.8, 4) is 0 Å². The van der Waals surface area contributed by atoms with Gasteiger partial charge >= 0.3 is 0 Å². The summed E-state index contributed by atoms with van der Waals surface area (Å²) in [4.78, 5) is 16.4. The molecule has 0 saturated heterocycles. The number of sulfone groups is 1. The summed E-state index contributed by atoms with van der Waals surface area (Å²) in [7, 11) is -3.84. The SMILES string of the molecule is Cc1ccc(C)c2sc(NC(=O)CS(=O)(=O)c3ccc(F)cc3)nc12. The summed E-state index contributed by atoms with van der Waals surface area (Å²) in [5.41, 5.74) is 2.82. The van der Waals surface area contributed by atoms with Crippen molar-refractivity contribution in [1.82, 2.24) is 4.98 Å². The van der Waals surface area contributed by atoms with Crippen LogP contribution < -0.4 is 5.32 Å². The molecule has 0 saturated carbocycles. The number of fused-ring (bicyclic) bond motifs is 1. The fourth-order valence-corrected chi connectivity index (χ4v) is 4.53. The number of halogens is 1. The molecule has 3 aromatic rings. The Morgan fingerprint density at radius 2 is 1.76 bits per heavy atom. The summed E-state index contributed by atoms with van der Waals surface area (Å²) >= 11 is 1.30. The summed E-state index contributed by atoms with van der Waals surface area (Å²) in [6, 6.07) is 8.29. The van der Waals surface area contributed by atoms with Gasteiger partial charge in [0.25, 0.3) is 0 Å². The Hall–Kier alpha value is -2.32. The van der Waals surface area contributed by atoms with Crippen LogP contribution in [0.3, 0.4) is 0 Å². The number of carbonyl (C=O) groups excluding carboxylic acids is 1. The fourth-order valence-electron chi connectivity index (χ4n) is 2.37. The van der Waals surface area contributed by atoms with Crippen LogP contribution in [0.4, 0.5) is 9.52 Å². The van der Waals surface area contributed by atoms with Gasteiger partial charge in [-0.2, -0.15) is 0 Å². The largest absolute Gasteiger partial charge is 0.301 e. The molecule has 0 bridgehead atoms. The van der Waals surface area contributed by atoms with Crippen molar-refractivity contribution in [2.45, 2.75) is 18.7 Å². The van der Waals surface area contributed by atoms with Crippen LogP contribution in [0.5, 0.6) is 0 Å². The van der Waals surface area contributed by atoms with Crippen molar-refractivity contribution in [3.63, 3.8) is 0 Å². The van der Waals surface area contributed by atoms with E-state index in [9.17, 15) is 17.6 Å². The molecule has 0 radical (unpaired) electrons. The van der Waals surface area contributed by atoms with Crippen LogP contribution in [0.25, 0.3) is 10.2 Å². The minimum Gasteiger partial charge on any atom is -0.301 e. The minimum absolute atomic E-state index is 0.0972. The van der Waals surface area contributed by atoms with Gasteiger partial charge in [-0.25, -0.2) is 17.8 Å². The van der Waals surface area contributed by atoms with Crippen molar-refractivity contribution in [2.24, 2.45) is 0 Å². The topological polar surface area (TPSA) is 76.1 Å². The van der Waals surface area contributed by atoms with Gasteiger partial charge in [0.15, 0.2) is 15.0 Å². The van der Waals surface area contributed by atoms with Crippen LogP contribution in [0, 0.1) is 19.7 Å². The van der Waals surface area contributed by atoms with E-state index < -0.39 is 27.3 Å². The number of nitrogens with one attached hydrogen (secondary N) is 1. The molecule has 0 spiro atoms. The van der Waals surface area contributed by atoms with Crippen LogP contribution in [-0.2, 0) is 14.6 Å². The summed E-state index contributed by atoms with van der Waals surface area (Å²) < 4.78 is 38.3. The molecule has 130 valence electrons. The molecule has 2 aromatic carbocycles. The predicted molar refractivity (Wildman–Crippen MR) is 96.2 cm³/mol. The van der Waals surface area contributed by atoms with E-state index in [1.165, 1.54) is 11.3 Å². The smallest absolute Gasteiger partial charge is 0.241 e. The van der Waals surface area contributed by atoms with E-state index >= 15 is 0 Å². The number of carbonyl (C=O) groups is 1. The number of benzene rings is 2. The number of rotatable bonds is 4. The Balaban J connectivity index is 1.80. The number of amides is 1. The van der Waals surface area contributed by atoms with E-state index in [4.69, 9.17) is 0 Å². The average Bonchev–Trinajstić information content (AvgIpc) is 2.95. The molecule has 0 unspecified atom stereocenters. The molecular weight excluding hydrogens is 363 g/mol. The van der Waals surface area contributed by atoms with E-state index in [-0.39, 0.29) is 4.90 Å². The monoisotopic (exact) mass is 378 g/mol. The van der Waals surface area contributed by atoms with Crippen LogP contribution in [0.2, 0.25) is 0 Å². The summed E-state index contributed by atoms with van der Waals surface area (Å²) in [5.74, 6) is -1.95. The molecule has 8 heteroatoms. The highest BCUT2D eigenvalue weighted by Gasteiger charge is 2.20. The lowest BCUT2D eigenvalue weighted by Gasteiger charge is -2.04. The lowest BCUT2D eigenvalue weighted by atomic mass is 10.1. The van der Waals surface area contributed by atoms with Crippen molar-refractivity contribution < 1.29 is 17.6 Å². The van der Waals surface area contributed by atoms with Gasteiger partial charge in [0, 0.05) is 0 Å². The Morgan fingerprint density at radius 3 is 2.40 bits per heavy atom. The van der Waals surface area contributed by atoms with Crippen LogP contribution >= 0.6 is 11.3 Å². The normalized spacial score (nSPS) is 11.6. The molecule has 25 heavy (non-hydrogen) atoms. The summed E-state index contributed by atoms with van der Waals surface area (Å²) in [6.07, 6.45) is 0. The van der Waals surface area contributed by atoms with Gasteiger partial charge in [0.1, 0.15) is 11.6 Å². The van der Waals surface area contributed by atoms with Crippen LogP contribution in [0.15, 0.2) is 41.3 Å². The molecule has 0 fully saturated rings. The van der Waals surface area contributed by atoms with Gasteiger partial charge in [-0.05, 0) is 49.2 Å². The molecule has 0 aliphatic heterocycles. The molecule has 1 amide bonds. The van der Waals surface area contributed by atoms with E-state index in [1.54, 1.807) is 0 Å². The lowest BCUT2D eigenvalue weighted by Crippen LogP contribution is -2.22. The molecule has 0 aliphatic carbocycles. The minimum atomic E-state index is -3.84.